The monoisotopic (exact) mass is 595 g/mol. The molecule has 13 N–H and O–H groups in total. The van der Waals surface area contributed by atoms with Crippen molar-refractivity contribution < 1.29 is 14.2 Å². The highest BCUT2D eigenvalue weighted by Gasteiger charge is 2.71. The molecule has 4 saturated carbocycles. The van der Waals surface area contributed by atoms with Crippen LogP contribution >= 0.6 is 0 Å². The van der Waals surface area contributed by atoms with Crippen molar-refractivity contribution >= 4 is 5.84 Å². The molecule has 1 heterocycles. The predicted molar refractivity (Wildman–Crippen MR) is 160 cm³/mol. The first-order chi connectivity index (χ1) is 20.0. The van der Waals surface area contributed by atoms with Crippen molar-refractivity contribution in [1.82, 2.24) is 16.0 Å². The van der Waals surface area contributed by atoms with Crippen LogP contribution in [0.3, 0.4) is 0 Å². The van der Waals surface area contributed by atoms with Crippen molar-refractivity contribution in [1.29, 1.82) is 5.41 Å². The quantitative estimate of drug-likeness (QED) is 0.0643. The Labute approximate surface area is 248 Å². The van der Waals surface area contributed by atoms with Crippen LogP contribution in [0.15, 0.2) is 5.18 Å². The summed E-state index contributed by atoms with van der Waals surface area (Å²) in [5, 5.41) is 32.4. The number of rotatable bonds is 12. The summed E-state index contributed by atoms with van der Waals surface area (Å²) < 4.78 is 19.0. The van der Waals surface area contributed by atoms with Crippen molar-refractivity contribution in [2.24, 2.45) is 51.3 Å². The lowest BCUT2D eigenvalue weighted by Crippen LogP contribution is -2.83. The molecular weight excluding hydrogens is 541 g/mol. The van der Waals surface area contributed by atoms with E-state index >= 15 is 0 Å². The molecule has 4 aliphatic carbocycles. The highest BCUT2D eigenvalue weighted by Crippen LogP contribution is 2.63. The lowest BCUT2D eigenvalue weighted by Gasteiger charge is -2.68. The topological polar surface area (TPSA) is 223 Å². The van der Waals surface area contributed by atoms with E-state index in [4.69, 9.17) is 33.1 Å². The summed E-state index contributed by atoms with van der Waals surface area (Å²) in [5.74, 6) is 0.845. The van der Waals surface area contributed by atoms with Crippen LogP contribution in [0.2, 0.25) is 0 Å². The van der Waals surface area contributed by atoms with E-state index in [0.717, 1.165) is 44.9 Å². The van der Waals surface area contributed by atoms with Gasteiger partial charge in [-0.15, -0.1) is 4.91 Å². The second-order valence-corrected chi connectivity index (χ2v) is 14.3. The van der Waals surface area contributed by atoms with Gasteiger partial charge in [0, 0.05) is 42.7 Å². The van der Waals surface area contributed by atoms with Gasteiger partial charge in [-0.25, -0.2) is 4.39 Å². The molecule has 0 aromatic rings. The summed E-state index contributed by atoms with van der Waals surface area (Å²) in [4.78, 5) is 11.5. The number of hydrogen-bond acceptors (Lipinski definition) is 11. The van der Waals surface area contributed by atoms with E-state index < -0.39 is 17.9 Å². The largest absolute Gasteiger partial charge is 0.382 e. The van der Waals surface area contributed by atoms with Gasteiger partial charge in [0.1, 0.15) is 18.1 Å². The first-order valence-electron chi connectivity index (χ1n) is 16.1. The Morgan fingerprint density at radius 3 is 2.50 bits per heavy atom. The molecule has 1 aliphatic heterocycles. The molecule has 12 nitrogen and oxygen atoms in total. The Bertz CT molecular complexity index is 975. The Morgan fingerprint density at radius 1 is 1.12 bits per heavy atom. The smallest absolute Gasteiger partial charge is 0.167 e. The van der Waals surface area contributed by atoms with E-state index in [9.17, 15) is 14.4 Å². The maximum absolute atomic E-state index is 12.6. The van der Waals surface area contributed by atoms with E-state index in [1.807, 2.05) is 7.05 Å². The van der Waals surface area contributed by atoms with Gasteiger partial charge < -0.3 is 48.7 Å². The summed E-state index contributed by atoms with van der Waals surface area (Å²) in [5.41, 5.74) is 24.0. The van der Waals surface area contributed by atoms with Gasteiger partial charge in [0.05, 0.1) is 18.2 Å². The second kappa shape index (κ2) is 12.6. The third-order valence-corrected chi connectivity index (χ3v) is 11.7. The molecule has 5 rings (SSSR count). The molecule has 1 saturated heterocycles. The standard InChI is InChI=1S/C29H54FN9O3/c1-36-25-27(15-29(25,35)39-41)13-18(24(27)33)10-17-9-16(11-23-20(31)4-3-19(42-23)14-37-8-7-30)21(32)12-22(17)38-26(34)28(40)5-2-6-28/h16-25,36-37,40H,2-15,31-33,35H2,1H3,(H2,34,38)/t16?,17?,18?,19?,20?,21?,22?,23?,24?,25?,27-,29?/m1/s1. The summed E-state index contributed by atoms with van der Waals surface area (Å²) >= 11 is 0. The molecule has 12 atom stereocenters. The molecule has 1 spiro atoms. The number of aliphatic hydroxyl groups is 1. The molecule has 0 bridgehead atoms. The lowest BCUT2D eigenvalue weighted by molar-refractivity contribution is -0.142. The normalized spacial score (nSPS) is 46.3. The van der Waals surface area contributed by atoms with Crippen molar-refractivity contribution in [3.63, 3.8) is 0 Å². The minimum Gasteiger partial charge on any atom is -0.382 e. The van der Waals surface area contributed by atoms with E-state index in [2.05, 4.69) is 21.1 Å². The molecule has 11 unspecified atom stereocenters. The lowest BCUT2D eigenvalue weighted by atomic mass is 9.41. The SMILES string of the molecule is CNC1C(N)(N=O)C[C@@]12CC(CC1CC(CC3OC(CNCCF)CCC3N)C(N)CC1NC(=N)C1(O)CCC1)C2N. The summed E-state index contributed by atoms with van der Waals surface area (Å²) in [6, 6.07) is -0.548. The van der Waals surface area contributed by atoms with Gasteiger partial charge in [-0.1, -0.05) is 0 Å². The van der Waals surface area contributed by atoms with Crippen LogP contribution in [0.25, 0.3) is 0 Å². The number of nitrogens with zero attached hydrogens (tertiary/aromatic N) is 1. The minimum absolute atomic E-state index is 0.0114. The molecule has 0 radical (unpaired) electrons. The average Bonchev–Trinajstić information content (AvgIpc) is 2.94. The number of ether oxygens (including phenoxy) is 1. The first kappa shape index (κ1) is 32.1. The van der Waals surface area contributed by atoms with Crippen molar-refractivity contribution in [3.8, 4) is 0 Å². The number of alkyl halides is 1. The van der Waals surface area contributed by atoms with E-state index in [1.54, 1.807) is 0 Å². The van der Waals surface area contributed by atoms with Gasteiger partial charge in [-0.3, -0.25) is 5.41 Å². The van der Waals surface area contributed by atoms with Gasteiger partial charge in [0.2, 0.25) is 0 Å². The number of nitrogens with one attached hydrogen (secondary N) is 4. The van der Waals surface area contributed by atoms with Crippen LogP contribution in [0.4, 0.5) is 4.39 Å². The Balaban J connectivity index is 1.25. The van der Waals surface area contributed by atoms with Gasteiger partial charge in [0.25, 0.3) is 0 Å². The Hall–Kier alpha value is -1.32. The number of halogens is 1. The third kappa shape index (κ3) is 5.88. The van der Waals surface area contributed by atoms with Gasteiger partial charge in [-0.2, -0.15) is 0 Å². The van der Waals surface area contributed by atoms with Crippen molar-refractivity contribution in [2.75, 3.05) is 26.8 Å². The van der Waals surface area contributed by atoms with Crippen LogP contribution in [-0.4, -0.2) is 91.4 Å². The van der Waals surface area contributed by atoms with Crippen LogP contribution in [-0.2, 0) is 4.74 Å². The highest BCUT2D eigenvalue weighted by atomic mass is 19.1. The first-order valence-corrected chi connectivity index (χ1v) is 16.1. The second-order valence-electron chi connectivity index (χ2n) is 14.3. The van der Waals surface area contributed by atoms with Gasteiger partial charge >= 0.3 is 0 Å². The number of nitrogens with two attached hydrogens (primary N) is 4. The molecule has 0 aromatic carbocycles. The molecule has 5 fully saturated rings. The Morgan fingerprint density at radius 2 is 1.88 bits per heavy atom. The number of amidine groups is 1. The van der Waals surface area contributed by atoms with E-state index in [0.29, 0.717) is 38.8 Å². The van der Waals surface area contributed by atoms with Crippen LogP contribution in [0.5, 0.6) is 0 Å². The summed E-state index contributed by atoms with van der Waals surface area (Å²) in [6.07, 6.45) is 8.28. The predicted octanol–water partition coefficient (Wildman–Crippen LogP) is 0.151. The van der Waals surface area contributed by atoms with E-state index in [-0.39, 0.29) is 71.4 Å². The summed E-state index contributed by atoms with van der Waals surface area (Å²) in [7, 11) is 1.81. The number of hydrogen-bond donors (Lipinski definition) is 9. The molecule has 0 aromatic heterocycles. The highest BCUT2D eigenvalue weighted by molar-refractivity contribution is 5.88. The van der Waals surface area contributed by atoms with Crippen molar-refractivity contribution in [2.45, 2.75) is 124 Å². The maximum atomic E-state index is 12.6. The maximum Gasteiger partial charge on any atom is 0.167 e. The van der Waals surface area contributed by atoms with Crippen LogP contribution in [0, 0.1) is 33.5 Å². The third-order valence-electron chi connectivity index (χ3n) is 11.7. The molecule has 42 heavy (non-hydrogen) atoms. The van der Waals surface area contributed by atoms with Crippen LogP contribution in [0.1, 0.15) is 70.6 Å². The zero-order chi connectivity index (χ0) is 30.3. The summed E-state index contributed by atoms with van der Waals surface area (Å²) in [6.45, 7) is 0.532. The zero-order valence-electron chi connectivity index (χ0n) is 25.1. The van der Waals surface area contributed by atoms with E-state index in [1.165, 1.54) is 0 Å². The average molecular weight is 596 g/mol. The van der Waals surface area contributed by atoms with Gasteiger partial charge in [-0.05, 0) is 101 Å². The van der Waals surface area contributed by atoms with Crippen LogP contribution < -0.4 is 38.9 Å². The fourth-order valence-corrected chi connectivity index (χ4v) is 9.08. The molecule has 5 aliphatic rings. The molecule has 240 valence electrons. The number of nitroso groups, excluding NO2 is 1. The molecular formula is C29H54FN9O3. The zero-order valence-corrected chi connectivity index (χ0v) is 25.1. The van der Waals surface area contributed by atoms with Gasteiger partial charge in [0.15, 0.2) is 5.66 Å². The fraction of sp³-hybridized carbons (Fsp3) is 0.966. The fourth-order valence-electron chi connectivity index (χ4n) is 9.08. The molecule has 0 amide bonds. The Kier molecular flexibility index (Phi) is 9.61. The number of likely N-dealkylation sites (N-methyl/N-ethyl adjacent to an activating group) is 1. The minimum atomic E-state index is -1.12. The molecule has 13 heteroatoms. The van der Waals surface area contributed by atoms with Crippen molar-refractivity contribution in [3.05, 3.63) is 4.91 Å².